The van der Waals surface area contributed by atoms with Crippen molar-refractivity contribution in [2.45, 2.75) is 32.6 Å². The molecular weight excluding hydrogens is 226 g/mol. The first-order chi connectivity index (χ1) is 6.88. The lowest BCUT2D eigenvalue weighted by Gasteiger charge is -2.27. The molecule has 1 N–H and O–H groups in total. The number of halogens is 1. The molecule has 0 fully saturated rings. The highest BCUT2D eigenvalue weighted by atomic mass is 31.2. The van der Waals surface area contributed by atoms with Gasteiger partial charge in [-0.2, -0.15) is 0 Å². The quantitative estimate of drug-likeness (QED) is 0.694. The van der Waals surface area contributed by atoms with Gasteiger partial charge in [0.05, 0.1) is 13.2 Å². The van der Waals surface area contributed by atoms with Crippen molar-refractivity contribution in [2.24, 2.45) is 0 Å². The highest BCUT2D eigenvalue weighted by molar-refractivity contribution is 7.56. The third kappa shape index (κ3) is 2.77. The van der Waals surface area contributed by atoms with Crippen molar-refractivity contribution in [1.82, 2.24) is 0 Å². The second-order valence-corrected chi connectivity index (χ2v) is 4.97. The van der Waals surface area contributed by atoms with E-state index in [9.17, 15) is 13.8 Å². The molecule has 0 aromatic rings. The van der Waals surface area contributed by atoms with Crippen LogP contribution in [0.2, 0.25) is 0 Å². The number of carbonyl (C=O) groups is 1. The van der Waals surface area contributed by atoms with E-state index in [1.54, 1.807) is 0 Å². The minimum Gasteiger partial charge on any atom is -0.478 e. The fourth-order valence-electron chi connectivity index (χ4n) is 1.04. The first-order valence-corrected chi connectivity index (χ1v) is 6.23. The number of carboxylic acids is 1. The number of hydrogen-bond donors (Lipinski definition) is 1. The highest BCUT2D eigenvalue weighted by Gasteiger charge is 2.57. The second-order valence-electron chi connectivity index (χ2n) is 2.75. The summed E-state index contributed by atoms with van der Waals surface area (Å²) in [6, 6.07) is 0. The van der Waals surface area contributed by atoms with Crippen molar-refractivity contribution < 1.29 is 27.9 Å². The van der Waals surface area contributed by atoms with Crippen LogP contribution in [-0.4, -0.2) is 29.7 Å². The maximum absolute atomic E-state index is 14.0. The molecule has 0 aromatic carbocycles. The molecule has 90 valence electrons. The minimum atomic E-state index is -4.26. The molecule has 0 aliphatic rings. The largest absolute Gasteiger partial charge is 0.478 e. The average molecular weight is 242 g/mol. The van der Waals surface area contributed by atoms with E-state index in [2.05, 4.69) is 9.05 Å². The molecule has 0 aliphatic carbocycles. The maximum atomic E-state index is 14.0. The lowest BCUT2D eigenvalue weighted by atomic mass is 10.3. The Balaban J connectivity index is 5.19. The van der Waals surface area contributed by atoms with Crippen molar-refractivity contribution in [3.05, 3.63) is 0 Å². The molecule has 0 aliphatic heterocycles. The van der Waals surface area contributed by atoms with Crippen LogP contribution in [0.5, 0.6) is 0 Å². The van der Waals surface area contributed by atoms with Gasteiger partial charge >= 0.3 is 19.0 Å². The lowest BCUT2D eigenvalue weighted by molar-refractivity contribution is -0.146. The molecule has 0 saturated carbocycles. The predicted molar refractivity (Wildman–Crippen MR) is 52.6 cm³/mol. The summed E-state index contributed by atoms with van der Waals surface area (Å²) in [6.07, 6.45) is -0.473. The summed E-state index contributed by atoms with van der Waals surface area (Å²) in [5.74, 6) is -1.82. The van der Waals surface area contributed by atoms with E-state index >= 15 is 0 Å². The Hall–Kier alpha value is -0.450. The van der Waals surface area contributed by atoms with E-state index in [1.165, 1.54) is 20.8 Å². The zero-order valence-corrected chi connectivity index (χ0v) is 9.92. The van der Waals surface area contributed by atoms with E-state index in [0.29, 0.717) is 0 Å². The van der Waals surface area contributed by atoms with Gasteiger partial charge < -0.3 is 14.2 Å². The third-order valence-corrected chi connectivity index (χ3v) is 4.40. The fourth-order valence-corrected chi connectivity index (χ4v) is 2.83. The van der Waals surface area contributed by atoms with Crippen LogP contribution in [0.15, 0.2) is 0 Å². The average Bonchev–Trinajstić information content (AvgIpc) is 2.16. The molecular formula is C8H16FO5P. The molecule has 0 rings (SSSR count). The summed E-state index contributed by atoms with van der Waals surface area (Å²) in [7, 11) is -4.26. The van der Waals surface area contributed by atoms with E-state index in [0.717, 1.165) is 0 Å². The fraction of sp³-hybridized carbons (Fsp3) is 0.875. The molecule has 0 heterocycles. The zero-order valence-electron chi connectivity index (χ0n) is 9.03. The molecule has 0 amide bonds. The Morgan fingerprint density at radius 2 is 1.73 bits per heavy atom. The SMILES string of the molecule is CCOP(=O)(OCC)C(F)(CC)C(=O)O. The molecule has 0 bridgehead atoms. The Labute approximate surface area is 88.1 Å². The van der Waals surface area contributed by atoms with Crippen molar-refractivity contribution >= 4 is 13.6 Å². The van der Waals surface area contributed by atoms with Crippen LogP contribution in [0.3, 0.4) is 0 Å². The standard InChI is InChI=1S/C8H16FO5P/c1-4-8(9,7(10)11)15(12,13-5-2)14-6-3/h4-6H2,1-3H3,(H,10,11). The van der Waals surface area contributed by atoms with Crippen LogP contribution in [0.4, 0.5) is 4.39 Å². The number of alkyl halides is 1. The lowest BCUT2D eigenvalue weighted by Crippen LogP contribution is -2.34. The van der Waals surface area contributed by atoms with Gasteiger partial charge in [0, 0.05) is 6.42 Å². The van der Waals surface area contributed by atoms with Gasteiger partial charge in [-0.25, -0.2) is 9.18 Å². The highest BCUT2D eigenvalue weighted by Crippen LogP contribution is 2.62. The van der Waals surface area contributed by atoms with E-state index in [-0.39, 0.29) is 13.2 Å². The van der Waals surface area contributed by atoms with Crippen molar-refractivity contribution in [2.75, 3.05) is 13.2 Å². The Morgan fingerprint density at radius 1 is 1.33 bits per heavy atom. The molecule has 1 atom stereocenters. The van der Waals surface area contributed by atoms with E-state index in [1.807, 2.05) is 0 Å². The van der Waals surface area contributed by atoms with Gasteiger partial charge in [-0.1, -0.05) is 6.92 Å². The van der Waals surface area contributed by atoms with Crippen LogP contribution >= 0.6 is 7.60 Å². The number of rotatable bonds is 7. The van der Waals surface area contributed by atoms with Crippen molar-refractivity contribution in [3.8, 4) is 0 Å². The first kappa shape index (κ1) is 14.6. The Morgan fingerprint density at radius 3 is 1.93 bits per heavy atom. The van der Waals surface area contributed by atoms with Crippen LogP contribution in [0.1, 0.15) is 27.2 Å². The van der Waals surface area contributed by atoms with Gasteiger partial charge in [-0.15, -0.1) is 0 Å². The number of hydrogen-bond acceptors (Lipinski definition) is 4. The molecule has 1 unspecified atom stereocenters. The summed E-state index contributed by atoms with van der Waals surface area (Å²) in [4.78, 5) is 10.7. The van der Waals surface area contributed by atoms with Crippen LogP contribution < -0.4 is 0 Å². The van der Waals surface area contributed by atoms with Gasteiger partial charge in [0.2, 0.25) is 0 Å². The number of aliphatic carboxylic acids is 1. The molecule has 0 spiro atoms. The first-order valence-electron chi connectivity index (χ1n) is 4.69. The smallest absolute Gasteiger partial charge is 0.379 e. The van der Waals surface area contributed by atoms with Gasteiger partial charge in [0.1, 0.15) is 0 Å². The van der Waals surface area contributed by atoms with Gasteiger partial charge in [0.25, 0.3) is 0 Å². The Bertz CT molecular complexity index is 260. The van der Waals surface area contributed by atoms with E-state index in [4.69, 9.17) is 5.11 Å². The van der Waals surface area contributed by atoms with Gasteiger partial charge in [0.15, 0.2) is 0 Å². The third-order valence-electron chi connectivity index (χ3n) is 1.83. The molecule has 15 heavy (non-hydrogen) atoms. The maximum Gasteiger partial charge on any atom is 0.379 e. The summed E-state index contributed by atoms with van der Waals surface area (Å²) >= 11 is 0. The van der Waals surface area contributed by atoms with Crippen molar-refractivity contribution in [1.29, 1.82) is 0 Å². The summed E-state index contributed by atoms with van der Waals surface area (Å²) < 4.78 is 35.2. The van der Waals surface area contributed by atoms with Gasteiger partial charge in [-0.3, -0.25) is 4.57 Å². The second kappa shape index (κ2) is 5.58. The van der Waals surface area contributed by atoms with E-state index < -0.39 is 25.4 Å². The summed E-state index contributed by atoms with van der Waals surface area (Å²) in [5, 5.41) is 5.74. The molecule has 7 heteroatoms. The molecule has 0 radical (unpaired) electrons. The Kier molecular flexibility index (Phi) is 5.42. The molecule has 5 nitrogen and oxygen atoms in total. The van der Waals surface area contributed by atoms with Crippen LogP contribution in [-0.2, 0) is 18.4 Å². The number of carboxylic acid groups (broad SMARTS) is 1. The minimum absolute atomic E-state index is 0.0732. The normalized spacial score (nSPS) is 16.0. The van der Waals surface area contributed by atoms with Crippen molar-refractivity contribution in [3.63, 3.8) is 0 Å². The van der Waals surface area contributed by atoms with Crippen LogP contribution in [0.25, 0.3) is 0 Å². The predicted octanol–water partition coefficient (Wildman–Crippen LogP) is 2.41. The zero-order chi connectivity index (χ0) is 12.1. The molecule has 0 saturated heterocycles. The van der Waals surface area contributed by atoms with Gasteiger partial charge in [-0.05, 0) is 13.8 Å². The molecule has 0 aromatic heterocycles. The topological polar surface area (TPSA) is 72.8 Å². The monoisotopic (exact) mass is 242 g/mol. The summed E-state index contributed by atoms with van der Waals surface area (Å²) in [5.41, 5.74) is 0. The van der Waals surface area contributed by atoms with Crippen LogP contribution in [0, 0.1) is 0 Å². The summed E-state index contributed by atoms with van der Waals surface area (Å²) in [6.45, 7) is 4.11.